The molecule has 0 unspecified atom stereocenters. The van der Waals surface area contributed by atoms with Gasteiger partial charge in [-0.25, -0.2) is 4.98 Å². The monoisotopic (exact) mass is 294 g/mol. The van der Waals surface area contributed by atoms with E-state index in [2.05, 4.69) is 29.5 Å². The van der Waals surface area contributed by atoms with Crippen LogP contribution in [0.5, 0.6) is 0 Å². The van der Waals surface area contributed by atoms with Crippen LogP contribution in [0.3, 0.4) is 0 Å². The van der Waals surface area contributed by atoms with Crippen LogP contribution in [-0.4, -0.2) is 23.0 Å². The molecule has 0 fully saturated rings. The molecule has 1 aromatic heterocycles. The summed E-state index contributed by atoms with van der Waals surface area (Å²) in [6.45, 7) is 5.83. The molecule has 0 amide bonds. The Balaban J connectivity index is 2.64. The van der Waals surface area contributed by atoms with E-state index in [1.54, 1.807) is 6.07 Å². The number of nitrogens with zero attached hydrogens (tertiary/aromatic N) is 2. The highest BCUT2D eigenvalue weighted by Gasteiger charge is 2.15. The first kappa shape index (κ1) is 17.2. The topological polar surface area (TPSA) is 80.1 Å². The van der Waals surface area contributed by atoms with E-state index in [4.69, 9.17) is 0 Å². The summed E-state index contributed by atoms with van der Waals surface area (Å²) in [7, 11) is 0. The third-order valence-electron chi connectivity index (χ3n) is 3.23. The smallest absolute Gasteiger partial charge is 0.311 e. The van der Waals surface area contributed by atoms with Crippen molar-refractivity contribution in [1.29, 1.82) is 0 Å². The maximum absolute atomic E-state index is 11.0. The summed E-state index contributed by atoms with van der Waals surface area (Å²) in [5.41, 5.74) is 0.0330. The first-order chi connectivity index (χ1) is 10.2. The molecule has 0 atom stereocenters. The summed E-state index contributed by atoms with van der Waals surface area (Å²) >= 11 is 0. The van der Waals surface area contributed by atoms with Gasteiger partial charge in [-0.05, 0) is 18.9 Å². The minimum Gasteiger partial charge on any atom is -0.370 e. The number of aromatic nitrogens is 1. The molecule has 0 aromatic carbocycles. The van der Waals surface area contributed by atoms with Crippen LogP contribution in [0.4, 0.5) is 17.3 Å². The minimum atomic E-state index is -0.393. The van der Waals surface area contributed by atoms with Gasteiger partial charge in [0.1, 0.15) is 5.82 Å². The van der Waals surface area contributed by atoms with Gasteiger partial charge < -0.3 is 10.6 Å². The van der Waals surface area contributed by atoms with Crippen LogP contribution in [-0.2, 0) is 0 Å². The molecule has 2 N–H and O–H groups in total. The fraction of sp³-hybridized carbons (Fsp3) is 0.667. The molecule has 1 heterocycles. The van der Waals surface area contributed by atoms with Crippen molar-refractivity contribution in [2.24, 2.45) is 0 Å². The summed E-state index contributed by atoms with van der Waals surface area (Å²) in [6, 6.07) is 3.18. The van der Waals surface area contributed by atoms with Crippen molar-refractivity contribution in [2.45, 2.75) is 52.4 Å². The van der Waals surface area contributed by atoms with Crippen LogP contribution >= 0.6 is 0 Å². The van der Waals surface area contributed by atoms with Crippen molar-refractivity contribution in [1.82, 2.24) is 4.98 Å². The Morgan fingerprint density at radius 1 is 1.05 bits per heavy atom. The maximum atomic E-state index is 11.0. The van der Waals surface area contributed by atoms with E-state index in [0.717, 1.165) is 32.2 Å². The zero-order valence-electron chi connectivity index (χ0n) is 13.0. The van der Waals surface area contributed by atoms with Crippen molar-refractivity contribution in [3.05, 3.63) is 22.2 Å². The average molecular weight is 294 g/mol. The SMILES string of the molecule is CCCCCNc1ccc([N+](=O)[O-])c(NCCCCC)n1. The number of nitrogens with one attached hydrogen (secondary N) is 2. The molecular weight excluding hydrogens is 268 g/mol. The Morgan fingerprint density at radius 3 is 2.24 bits per heavy atom. The molecule has 0 aliphatic carbocycles. The van der Waals surface area contributed by atoms with E-state index in [0.29, 0.717) is 18.2 Å². The second-order valence-electron chi connectivity index (χ2n) is 5.09. The van der Waals surface area contributed by atoms with Crippen molar-refractivity contribution < 1.29 is 4.92 Å². The number of pyridine rings is 1. The van der Waals surface area contributed by atoms with Crippen LogP contribution < -0.4 is 10.6 Å². The van der Waals surface area contributed by atoms with Crippen molar-refractivity contribution >= 4 is 17.3 Å². The molecule has 0 bridgehead atoms. The Morgan fingerprint density at radius 2 is 1.67 bits per heavy atom. The van der Waals surface area contributed by atoms with Crippen molar-refractivity contribution in [2.75, 3.05) is 23.7 Å². The number of rotatable bonds is 11. The minimum absolute atomic E-state index is 0.0330. The molecule has 0 aliphatic rings. The van der Waals surface area contributed by atoms with Crippen molar-refractivity contribution in [3.63, 3.8) is 0 Å². The van der Waals surface area contributed by atoms with E-state index in [1.165, 1.54) is 18.9 Å². The molecule has 1 aromatic rings. The number of hydrogen-bond acceptors (Lipinski definition) is 5. The standard InChI is InChI=1S/C15H26N4O2/c1-3-5-7-11-16-14-10-9-13(19(20)21)15(18-14)17-12-8-6-4-2/h9-10H,3-8,11-12H2,1-2H3,(H2,16,17,18). The molecule has 6 heteroatoms. The van der Waals surface area contributed by atoms with Gasteiger partial charge in [-0.3, -0.25) is 10.1 Å². The first-order valence-electron chi connectivity index (χ1n) is 7.82. The van der Waals surface area contributed by atoms with Gasteiger partial charge in [0.25, 0.3) is 0 Å². The second-order valence-corrected chi connectivity index (χ2v) is 5.09. The average Bonchev–Trinajstić information content (AvgIpc) is 2.48. The summed E-state index contributed by atoms with van der Waals surface area (Å²) in [6.07, 6.45) is 6.63. The van der Waals surface area contributed by atoms with Gasteiger partial charge in [0, 0.05) is 19.2 Å². The highest BCUT2D eigenvalue weighted by molar-refractivity contribution is 5.60. The molecule has 1 rings (SSSR count). The fourth-order valence-electron chi connectivity index (χ4n) is 2.00. The van der Waals surface area contributed by atoms with Crippen LogP contribution in [0.25, 0.3) is 0 Å². The fourth-order valence-corrected chi connectivity index (χ4v) is 2.00. The second kappa shape index (κ2) is 9.96. The number of unbranched alkanes of at least 4 members (excludes halogenated alkanes) is 4. The van der Waals surface area contributed by atoms with Gasteiger partial charge in [0.05, 0.1) is 4.92 Å². The van der Waals surface area contributed by atoms with Gasteiger partial charge in [0.15, 0.2) is 0 Å². The molecule has 0 saturated carbocycles. The number of anilines is 2. The Kier molecular flexibility index (Phi) is 8.16. The predicted octanol–water partition coefficient (Wildman–Crippen LogP) is 4.19. The van der Waals surface area contributed by atoms with Crippen LogP contribution in [0.15, 0.2) is 12.1 Å². The number of hydrogen-bond donors (Lipinski definition) is 2. The van der Waals surface area contributed by atoms with Crippen LogP contribution in [0.1, 0.15) is 52.4 Å². The lowest BCUT2D eigenvalue weighted by Crippen LogP contribution is -2.09. The summed E-state index contributed by atoms with van der Waals surface area (Å²) in [4.78, 5) is 15.0. The Hall–Kier alpha value is -1.85. The molecule has 6 nitrogen and oxygen atoms in total. The molecular formula is C15H26N4O2. The lowest BCUT2D eigenvalue weighted by atomic mass is 10.2. The largest absolute Gasteiger partial charge is 0.370 e. The zero-order valence-corrected chi connectivity index (χ0v) is 13.0. The van der Waals surface area contributed by atoms with Gasteiger partial charge in [0.2, 0.25) is 5.82 Å². The highest BCUT2D eigenvalue weighted by atomic mass is 16.6. The first-order valence-corrected chi connectivity index (χ1v) is 7.82. The summed E-state index contributed by atoms with van der Waals surface area (Å²) < 4.78 is 0. The highest BCUT2D eigenvalue weighted by Crippen LogP contribution is 2.24. The van der Waals surface area contributed by atoms with E-state index >= 15 is 0 Å². The van der Waals surface area contributed by atoms with Crippen LogP contribution in [0, 0.1) is 10.1 Å². The third-order valence-corrected chi connectivity index (χ3v) is 3.23. The lowest BCUT2D eigenvalue weighted by molar-refractivity contribution is -0.384. The molecule has 118 valence electrons. The third kappa shape index (κ3) is 6.42. The van der Waals surface area contributed by atoms with E-state index in [9.17, 15) is 10.1 Å². The van der Waals surface area contributed by atoms with Gasteiger partial charge in [-0.2, -0.15) is 0 Å². The normalized spacial score (nSPS) is 10.4. The predicted molar refractivity (Wildman–Crippen MR) is 86.9 cm³/mol. The van der Waals surface area contributed by atoms with Crippen molar-refractivity contribution in [3.8, 4) is 0 Å². The maximum Gasteiger partial charge on any atom is 0.311 e. The molecule has 0 spiro atoms. The van der Waals surface area contributed by atoms with Gasteiger partial charge in [-0.1, -0.05) is 39.5 Å². The quantitative estimate of drug-likeness (QED) is 0.363. The summed E-state index contributed by atoms with van der Waals surface area (Å²) in [5, 5.41) is 17.3. The molecule has 0 saturated heterocycles. The molecule has 0 aliphatic heterocycles. The Bertz CT molecular complexity index is 438. The molecule has 0 radical (unpaired) electrons. The Labute approximate surface area is 126 Å². The van der Waals surface area contributed by atoms with Gasteiger partial charge >= 0.3 is 5.69 Å². The zero-order chi connectivity index (χ0) is 15.5. The summed E-state index contributed by atoms with van der Waals surface area (Å²) in [5.74, 6) is 1.05. The van der Waals surface area contributed by atoms with E-state index in [-0.39, 0.29) is 5.69 Å². The number of nitro groups is 1. The van der Waals surface area contributed by atoms with Crippen LogP contribution in [0.2, 0.25) is 0 Å². The molecule has 21 heavy (non-hydrogen) atoms. The van der Waals surface area contributed by atoms with E-state index in [1.807, 2.05) is 0 Å². The van der Waals surface area contributed by atoms with E-state index < -0.39 is 4.92 Å². The van der Waals surface area contributed by atoms with Gasteiger partial charge in [-0.15, -0.1) is 0 Å². The lowest BCUT2D eigenvalue weighted by Gasteiger charge is -2.09.